The van der Waals surface area contributed by atoms with Crippen LogP contribution in [0.5, 0.6) is 0 Å². The summed E-state index contributed by atoms with van der Waals surface area (Å²) in [4.78, 5) is 13.0. The van der Waals surface area contributed by atoms with Crippen LogP contribution in [0.2, 0.25) is 0 Å². The largest absolute Gasteiger partial charge is 0.387 e. The van der Waals surface area contributed by atoms with Gasteiger partial charge in [0, 0.05) is 30.7 Å². The average molecular weight is 408 g/mol. The fourth-order valence-electron chi connectivity index (χ4n) is 3.61. The van der Waals surface area contributed by atoms with Gasteiger partial charge in [-0.2, -0.15) is 13.2 Å². The highest BCUT2D eigenvalue weighted by molar-refractivity contribution is 5.76. The van der Waals surface area contributed by atoms with Crippen LogP contribution in [-0.4, -0.2) is 42.3 Å². The van der Waals surface area contributed by atoms with Crippen LogP contribution in [0.3, 0.4) is 0 Å². The van der Waals surface area contributed by atoms with Gasteiger partial charge in [-0.15, -0.1) is 0 Å². The summed E-state index contributed by atoms with van der Waals surface area (Å²) in [5.74, 6) is -0.271. The lowest BCUT2D eigenvalue weighted by atomic mass is 9.83. The van der Waals surface area contributed by atoms with Gasteiger partial charge in [-0.3, -0.25) is 4.79 Å². The Bertz CT molecular complexity index is 807. The average Bonchev–Trinajstić information content (AvgIpc) is 2.92. The molecule has 158 valence electrons. The second-order valence-corrected chi connectivity index (χ2v) is 7.63. The first-order valence-electron chi connectivity index (χ1n) is 9.36. The lowest BCUT2D eigenvalue weighted by Gasteiger charge is -2.30. The Morgan fingerprint density at radius 3 is 2.31 bits per heavy atom. The van der Waals surface area contributed by atoms with Gasteiger partial charge in [-0.05, 0) is 35.2 Å². The standard InChI is InChI=1S/C21H26N2O2.CHF3/c1-21(2)18-7-5-4-6-16(18)12-19(21)22-17-10-8-15(9-11-17)13-23(3)20(25)14-24;2-1(3)4/h4-11,19,22,24H,12-14H2,1-3H3;1H. The summed E-state index contributed by atoms with van der Waals surface area (Å²) < 4.78 is 29.0. The number of benzene rings is 2. The number of halogens is 3. The van der Waals surface area contributed by atoms with Crippen molar-refractivity contribution < 1.29 is 23.1 Å². The number of fused-ring (bicyclic) bond motifs is 1. The quantitative estimate of drug-likeness (QED) is 0.782. The van der Waals surface area contributed by atoms with E-state index in [0.29, 0.717) is 12.6 Å². The zero-order valence-electron chi connectivity index (χ0n) is 16.8. The van der Waals surface area contributed by atoms with Crippen LogP contribution in [0.4, 0.5) is 18.9 Å². The number of hydrogen-bond donors (Lipinski definition) is 2. The fourth-order valence-corrected chi connectivity index (χ4v) is 3.61. The van der Waals surface area contributed by atoms with E-state index in [1.807, 2.05) is 12.1 Å². The molecule has 1 aliphatic rings. The number of carbonyl (C=O) groups is 1. The van der Waals surface area contributed by atoms with Gasteiger partial charge in [0.25, 0.3) is 0 Å². The van der Waals surface area contributed by atoms with E-state index in [2.05, 4.69) is 55.6 Å². The molecule has 0 bridgehead atoms. The molecule has 4 nitrogen and oxygen atoms in total. The molecule has 0 aliphatic heterocycles. The number of likely N-dealkylation sites (N-methyl/N-ethyl adjacent to an activating group) is 1. The highest BCUT2D eigenvalue weighted by Crippen LogP contribution is 2.39. The van der Waals surface area contributed by atoms with Gasteiger partial charge in [0.05, 0.1) is 0 Å². The number of anilines is 1. The maximum Gasteiger partial charge on any atom is 0.379 e. The first kappa shape index (κ1) is 22.7. The summed E-state index contributed by atoms with van der Waals surface area (Å²) in [6.45, 7) is 0.966. The van der Waals surface area contributed by atoms with Crippen LogP contribution in [0, 0.1) is 0 Å². The van der Waals surface area contributed by atoms with Crippen molar-refractivity contribution in [3.63, 3.8) is 0 Å². The highest BCUT2D eigenvalue weighted by Gasteiger charge is 2.38. The topological polar surface area (TPSA) is 52.6 Å². The molecule has 0 radical (unpaired) electrons. The molecule has 0 fully saturated rings. The number of aliphatic hydroxyl groups is 1. The van der Waals surface area contributed by atoms with E-state index in [1.54, 1.807) is 7.05 Å². The Balaban J connectivity index is 0.000000687. The second kappa shape index (κ2) is 9.78. The van der Waals surface area contributed by atoms with Gasteiger partial charge in [-0.25, -0.2) is 0 Å². The van der Waals surface area contributed by atoms with E-state index in [1.165, 1.54) is 16.0 Å². The number of nitrogens with zero attached hydrogens (tertiary/aromatic N) is 1. The van der Waals surface area contributed by atoms with Crippen LogP contribution in [0.25, 0.3) is 0 Å². The van der Waals surface area contributed by atoms with Crippen LogP contribution < -0.4 is 5.32 Å². The number of alkyl halides is 3. The van der Waals surface area contributed by atoms with Crippen molar-refractivity contribution in [1.29, 1.82) is 0 Å². The number of carbonyl (C=O) groups excluding carboxylic acids is 1. The van der Waals surface area contributed by atoms with E-state index in [9.17, 15) is 18.0 Å². The molecule has 0 aromatic heterocycles. The molecule has 2 N–H and O–H groups in total. The highest BCUT2D eigenvalue weighted by atomic mass is 19.4. The third-order valence-corrected chi connectivity index (χ3v) is 5.28. The number of aliphatic hydroxyl groups excluding tert-OH is 1. The Labute approximate surface area is 169 Å². The van der Waals surface area contributed by atoms with E-state index in [4.69, 9.17) is 5.11 Å². The zero-order chi connectivity index (χ0) is 21.6. The fraction of sp³-hybridized carbons (Fsp3) is 0.409. The van der Waals surface area contributed by atoms with Crippen LogP contribution >= 0.6 is 0 Å². The van der Waals surface area contributed by atoms with E-state index >= 15 is 0 Å². The zero-order valence-corrected chi connectivity index (χ0v) is 16.8. The SMILES string of the molecule is CN(Cc1ccc(NC2Cc3ccccc3C2(C)C)cc1)C(=O)CO.FC(F)F. The smallest absolute Gasteiger partial charge is 0.379 e. The molecule has 1 unspecified atom stereocenters. The van der Waals surface area contributed by atoms with Crippen molar-refractivity contribution in [3.05, 3.63) is 65.2 Å². The molecule has 1 atom stereocenters. The Morgan fingerprint density at radius 2 is 1.76 bits per heavy atom. The molecule has 0 saturated heterocycles. The van der Waals surface area contributed by atoms with Gasteiger partial charge < -0.3 is 15.3 Å². The number of hydrogen-bond acceptors (Lipinski definition) is 3. The van der Waals surface area contributed by atoms with Gasteiger partial charge in [-0.1, -0.05) is 50.2 Å². The van der Waals surface area contributed by atoms with Crippen molar-refractivity contribution in [2.75, 3.05) is 19.0 Å². The molecule has 29 heavy (non-hydrogen) atoms. The monoisotopic (exact) mass is 408 g/mol. The summed E-state index contributed by atoms with van der Waals surface area (Å²) in [5.41, 5.74) is 5.07. The first-order chi connectivity index (χ1) is 13.6. The van der Waals surface area contributed by atoms with Crippen molar-refractivity contribution >= 4 is 11.6 Å². The lowest BCUT2D eigenvalue weighted by Crippen LogP contribution is -2.36. The summed E-state index contributed by atoms with van der Waals surface area (Å²) in [6.07, 6.45) is 1.03. The van der Waals surface area contributed by atoms with Gasteiger partial charge in [0.1, 0.15) is 6.61 Å². The second-order valence-electron chi connectivity index (χ2n) is 7.63. The minimum atomic E-state index is -3.67. The summed E-state index contributed by atoms with van der Waals surface area (Å²) >= 11 is 0. The van der Waals surface area contributed by atoms with Gasteiger partial charge >= 0.3 is 6.68 Å². The van der Waals surface area contributed by atoms with Gasteiger partial charge in [0.2, 0.25) is 5.91 Å². The predicted octanol–water partition coefficient (Wildman–Crippen LogP) is 4.13. The molecule has 2 aromatic rings. The maximum absolute atomic E-state index is 11.5. The summed E-state index contributed by atoms with van der Waals surface area (Å²) in [6, 6.07) is 17.2. The van der Waals surface area contributed by atoms with E-state index in [-0.39, 0.29) is 11.3 Å². The molecule has 7 heteroatoms. The predicted molar refractivity (Wildman–Crippen MR) is 108 cm³/mol. The molecular weight excluding hydrogens is 381 g/mol. The minimum absolute atomic E-state index is 0.0863. The Kier molecular flexibility index (Phi) is 7.67. The normalized spacial score (nSPS) is 16.6. The number of rotatable bonds is 5. The molecule has 1 amide bonds. The van der Waals surface area contributed by atoms with E-state index in [0.717, 1.165) is 17.7 Å². The molecule has 3 rings (SSSR count). The summed E-state index contributed by atoms with van der Waals surface area (Å²) in [7, 11) is 1.70. The third-order valence-electron chi connectivity index (χ3n) is 5.28. The van der Waals surface area contributed by atoms with Crippen molar-refractivity contribution in [2.24, 2.45) is 0 Å². The molecule has 1 aliphatic carbocycles. The Morgan fingerprint density at radius 1 is 1.17 bits per heavy atom. The number of nitrogens with one attached hydrogen (secondary N) is 1. The van der Waals surface area contributed by atoms with Crippen LogP contribution in [0.1, 0.15) is 30.5 Å². The molecule has 0 saturated carbocycles. The third kappa shape index (κ3) is 5.97. The maximum atomic E-state index is 11.5. The van der Waals surface area contributed by atoms with E-state index < -0.39 is 13.3 Å². The van der Waals surface area contributed by atoms with Crippen molar-refractivity contribution in [3.8, 4) is 0 Å². The minimum Gasteiger partial charge on any atom is -0.387 e. The molecule has 0 spiro atoms. The lowest BCUT2D eigenvalue weighted by molar-refractivity contribution is -0.133. The molecular formula is C22H27F3N2O2. The van der Waals surface area contributed by atoms with Crippen molar-refractivity contribution in [2.45, 2.75) is 44.9 Å². The summed E-state index contributed by atoms with van der Waals surface area (Å²) in [5, 5.41) is 12.6. The molecule has 2 aromatic carbocycles. The first-order valence-corrected chi connectivity index (χ1v) is 9.36. The van der Waals surface area contributed by atoms with Crippen LogP contribution in [0.15, 0.2) is 48.5 Å². The molecule has 0 heterocycles. The van der Waals surface area contributed by atoms with Crippen LogP contribution in [-0.2, 0) is 23.2 Å². The number of amides is 1. The van der Waals surface area contributed by atoms with Gasteiger partial charge in [0.15, 0.2) is 0 Å². The van der Waals surface area contributed by atoms with Crippen molar-refractivity contribution in [1.82, 2.24) is 4.90 Å². The Hall–Kier alpha value is -2.54.